The van der Waals surface area contributed by atoms with Gasteiger partial charge in [-0.15, -0.1) is 22.0 Å². The number of thioether (sulfide) groups is 1. The highest BCUT2D eigenvalue weighted by molar-refractivity contribution is 8.00. The maximum Gasteiger partial charge on any atom is 0.255 e. The highest BCUT2D eigenvalue weighted by Gasteiger charge is 2.23. The molecule has 0 saturated heterocycles. The van der Waals surface area contributed by atoms with Crippen LogP contribution < -0.4 is 10.6 Å². The average molecular weight is 475 g/mol. The molecule has 1 atom stereocenters. The number of benzene rings is 3. The molecule has 3 aromatic carbocycles. The fourth-order valence-electron chi connectivity index (χ4n) is 3.08. The van der Waals surface area contributed by atoms with E-state index >= 15 is 0 Å². The first-order valence-corrected chi connectivity index (χ1v) is 12.0. The molecule has 2 N–H and O–H groups in total. The second-order valence-corrected chi connectivity index (χ2v) is 9.73. The van der Waals surface area contributed by atoms with E-state index in [-0.39, 0.29) is 11.8 Å². The summed E-state index contributed by atoms with van der Waals surface area (Å²) in [5.41, 5.74) is 3.28. The summed E-state index contributed by atoms with van der Waals surface area (Å²) in [6.07, 6.45) is 0. The highest BCUT2D eigenvalue weighted by Crippen LogP contribution is 2.37. The van der Waals surface area contributed by atoms with Gasteiger partial charge in [-0.3, -0.25) is 14.9 Å². The zero-order chi connectivity index (χ0) is 23.2. The molecule has 1 heterocycles. The molecule has 0 fully saturated rings. The molecule has 0 saturated carbocycles. The lowest BCUT2D eigenvalue weighted by atomic mass is 10.1. The first-order valence-electron chi connectivity index (χ1n) is 10.3. The smallest absolute Gasteiger partial charge is 0.255 e. The van der Waals surface area contributed by atoms with Crippen LogP contribution in [0.3, 0.4) is 0 Å². The van der Waals surface area contributed by atoms with Crippen molar-refractivity contribution in [3.63, 3.8) is 0 Å². The van der Waals surface area contributed by atoms with Gasteiger partial charge in [0, 0.05) is 16.1 Å². The summed E-state index contributed by atoms with van der Waals surface area (Å²) in [7, 11) is 0. The van der Waals surface area contributed by atoms with Gasteiger partial charge in [-0.2, -0.15) is 0 Å². The summed E-state index contributed by atoms with van der Waals surface area (Å²) in [5.74, 6) is -0.330. The van der Waals surface area contributed by atoms with Crippen molar-refractivity contribution in [1.29, 1.82) is 0 Å². The number of nitrogens with one attached hydrogen (secondary N) is 2. The van der Waals surface area contributed by atoms with Crippen molar-refractivity contribution in [3.05, 3.63) is 101 Å². The second kappa shape index (κ2) is 10.4. The van der Waals surface area contributed by atoms with Gasteiger partial charge in [-0.05, 0) is 55.8 Å². The molecule has 0 aliphatic heterocycles. The van der Waals surface area contributed by atoms with Crippen molar-refractivity contribution in [2.75, 3.05) is 10.6 Å². The first-order chi connectivity index (χ1) is 16.0. The van der Waals surface area contributed by atoms with E-state index in [2.05, 4.69) is 20.8 Å². The Morgan fingerprint density at radius 3 is 2.18 bits per heavy atom. The van der Waals surface area contributed by atoms with Gasteiger partial charge in [-0.25, -0.2) is 0 Å². The number of carbonyl (C=O) groups is 2. The summed E-state index contributed by atoms with van der Waals surface area (Å²) in [5, 5.41) is 14.5. The third-order valence-corrected chi connectivity index (χ3v) is 6.80. The number of nitrogens with zero attached hydrogens (tertiary/aromatic N) is 2. The van der Waals surface area contributed by atoms with Crippen molar-refractivity contribution in [1.82, 2.24) is 10.2 Å². The maximum atomic E-state index is 13.1. The largest absolute Gasteiger partial charge is 0.322 e. The molecule has 6 nitrogen and oxygen atoms in total. The molecule has 0 aliphatic carbocycles. The fourth-order valence-corrected chi connectivity index (χ4v) is 4.70. The van der Waals surface area contributed by atoms with Crippen LogP contribution in [-0.2, 0) is 4.79 Å². The van der Waals surface area contributed by atoms with Crippen LogP contribution in [0.25, 0.3) is 0 Å². The van der Waals surface area contributed by atoms with E-state index in [1.54, 1.807) is 12.1 Å². The molecule has 4 aromatic rings. The summed E-state index contributed by atoms with van der Waals surface area (Å²) in [6.45, 7) is 3.83. The van der Waals surface area contributed by atoms with Gasteiger partial charge < -0.3 is 5.32 Å². The van der Waals surface area contributed by atoms with Crippen molar-refractivity contribution >= 4 is 45.7 Å². The highest BCUT2D eigenvalue weighted by atomic mass is 32.2. The lowest BCUT2D eigenvalue weighted by Crippen LogP contribution is -2.19. The quantitative estimate of drug-likeness (QED) is 0.327. The molecule has 166 valence electrons. The van der Waals surface area contributed by atoms with Gasteiger partial charge >= 0.3 is 0 Å². The van der Waals surface area contributed by atoms with Gasteiger partial charge in [0.15, 0.2) is 0 Å². The molecule has 8 heteroatoms. The number of hydrogen-bond acceptors (Lipinski definition) is 6. The average Bonchev–Trinajstić information content (AvgIpc) is 3.23. The number of aryl methyl sites for hydroxylation is 2. The van der Waals surface area contributed by atoms with Crippen molar-refractivity contribution in [2.24, 2.45) is 0 Å². The Labute approximate surface area is 200 Å². The van der Waals surface area contributed by atoms with Crippen LogP contribution in [-0.4, -0.2) is 22.0 Å². The van der Waals surface area contributed by atoms with Crippen LogP contribution in [0.5, 0.6) is 0 Å². The third kappa shape index (κ3) is 6.06. The Bertz CT molecular complexity index is 1240. The minimum absolute atomic E-state index is 0.163. The zero-order valence-electron chi connectivity index (χ0n) is 18.1. The van der Waals surface area contributed by atoms with Gasteiger partial charge in [0.2, 0.25) is 11.0 Å². The summed E-state index contributed by atoms with van der Waals surface area (Å²) < 4.78 is 0. The number of anilines is 2. The van der Waals surface area contributed by atoms with Crippen LogP contribution in [0.4, 0.5) is 10.8 Å². The van der Waals surface area contributed by atoms with Gasteiger partial charge in [0.05, 0.1) is 0 Å². The second-order valence-electron chi connectivity index (χ2n) is 7.37. The van der Waals surface area contributed by atoms with E-state index in [1.165, 1.54) is 23.1 Å². The van der Waals surface area contributed by atoms with Crippen LogP contribution in [0.15, 0.2) is 83.8 Å². The monoisotopic (exact) mass is 474 g/mol. The van der Waals surface area contributed by atoms with Crippen LogP contribution in [0.2, 0.25) is 0 Å². The normalized spacial score (nSPS) is 11.6. The Balaban J connectivity index is 1.47. The lowest BCUT2D eigenvalue weighted by molar-refractivity contribution is -0.115. The molecule has 0 radical (unpaired) electrons. The predicted molar refractivity (Wildman–Crippen MR) is 134 cm³/mol. The molecule has 0 bridgehead atoms. The molecule has 0 aliphatic rings. The first kappa shape index (κ1) is 22.7. The summed E-state index contributed by atoms with van der Waals surface area (Å²) >= 11 is 2.77. The molecular formula is C25H22N4O2S2. The van der Waals surface area contributed by atoms with E-state index < -0.39 is 5.25 Å². The van der Waals surface area contributed by atoms with Crippen LogP contribution in [0, 0.1) is 13.8 Å². The molecular weight excluding hydrogens is 452 g/mol. The number of hydrogen-bond donors (Lipinski definition) is 2. The molecule has 1 unspecified atom stereocenters. The third-order valence-electron chi connectivity index (χ3n) is 4.78. The van der Waals surface area contributed by atoms with E-state index in [1.807, 2.05) is 80.6 Å². The van der Waals surface area contributed by atoms with Crippen molar-refractivity contribution in [2.45, 2.75) is 24.0 Å². The van der Waals surface area contributed by atoms with E-state index in [9.17, 15) is 9.59 Å². The predicted octanol–water partition coefficient (Wildman–Crippen LogP) is 5.88. The number of carbonyl (C=O) groups excluding carboxylic acids is 2. The SMILES string of the molecule is Cc1ccc(C(=O)Nc2ccc(SC(C(=O)Nc3nnc(C)s3)c3ccccc3)cc2)cc1. The Hall–Kier alpha value is -3.49. The zero-order valence-corrected chi connectivity index (χ0v) is 19.7. The van der Waals surface area contributed by atoms with Crippen molar-refractivity contribution < 1.29 is 9.59 Å². The van der Waals surface area contributed by atoms with Crippen LogP contribution in [0.1, 0.15) is 31.7 Å². The number of amides is 2. The molecule has 33 heavy (non-hydrogen) atoms. The number of rotatable bonds is 7. The molecule has 4 rings (SSSR count). The topological polar surface area (TPSA) is 84.0 Å². The summed E-state index contributed by atoms with van der Waals surface area (Å²) in [6, 6.07) is 24.5. The maximum absolute atomic E-state index is 13.1. The summed E-state index contributed by atoms with van der Waals surface area (Å²) in [4.78, 5) is 26.4. The Kier molecular flexibility index (Phi) is 7.16. The lowest BCUT2D eigenvalue weighted by Gasteiger charge is -2.16. The van der Waals surface area contributed by atoms with Gasteiger partial charge in [-0.1, -0.05) is 59.4 Å². The minimum atomic E-state index is -0.469. The fraction of sp³-hybridized carbons (Fsp3) is 0.120. The van der Waals surface area contributed by atoms with E-state index in [4.69, 9.17) is 0 Å². The standard InChI is InChI=1S/C25H22N4O2S2/c1-16-8-10-19(11-9-16)23(30)26-20-12-14-21(15-13-20)33-22(18-6-4-3-5-7-18)24(31)27-25-29-28-17(2)32-25/h3-15,22H,1-2H3,(H,26,30)(H,27,29,31). The van der Waals surface area contributed by atoms with Crippen molar-refractivity contribution in [3.8, 4) is 0 Å². The molecule has 1 aromatic heterocycles. The number of aromatic nitrogens is 2. The van der Waals surface area contributed by atoms with Gasteiger partial charge in [0.1, 0.15) is 10.3 Å². The Morgan fingerprint density at radius 2 is 1.55 bits per heavy atom. The van der Waals surface area contributed by atoms with Crippen LogP contribution >= 0.6 is 23.1 Å². The molecule has 0 spiro atoms. The van der Waals surface area contributed by atoms with E-state index in [0.717, 1.165) is 21.0 Å². The Morgan fingerprint density at radius 1 is 0.848 bits per heavy atom. The van der Waals surface area contributed by atoms with Gasteiger partial charge in [0.25, 0.3) is 5.91 Å². The molecule has 2 amide bonds. The minimum Gasteiger partial charge on any atom is -0.322 e. The van der Waals surface area contributed by atoms with E-state index in [0.29, 0.717) is 16.4 Å².